The van der Waals surface area contributed by atoms with Gasteiger partial charge in [0.15, 0.2) is 23.1 Å². The smallest absolute Gasteiger partial charge is 0.170 e. The van der Waals surface area contributed by atoms with E-state index in [2.05, 4.69) is 5.32 Å². The van der Waals surface area contributed by atoms with Crippen molar-refractivity contribution in [2.45, 2.75) is 6.10 Å². The van der Waals surface area contributed by atoms with E-state index >= 15 is 0 Å². The lowest BCUT2D eigenvalue weighted by Crippen LogP contribution is -2.33. The van der Waals surface area contributed by atoms with Crippen molar-refractivity contribution in [3.8, 4) is 17.2 Å². The molecule has 0 radical (unpaired) electrons. The van der Waals surface area contributed by atoms with E-state index in [0.29, 0.717) is 30.2 Å². The SMILES string of the molecule is COc1cc(F)c(OC)c(C2CNCCO2)c1OC. The predicted octanol–water partition coefficient (Wildman–Crippen LogP) is 1.51. The highest BCUT2D eigenvalue weighted by molar-refractivity contribution is 5.56. The Hall–Kier alpha value is -1.53. The summed E-state index contributed by atoms with van der Waals surface area (Å²) in [6.45, 7) is 1.89. The first-order chi connectivity index (χ1) is 9.22. The Morgan fingerprint density at radius 1 is 1.21 bits per heavy atom. The molecular weight excluding hydrogens is 253 g/mol. The molecule has 1 heterocycles. The quantitative estimate of drug-likeness (QED) is 0.899. The third kappa shape index (κ3) is 2.59. The lowest BCUT2D eigenvalue weighted by Gasteiger charge is -2.27. The molecule has 0 aliphatic carbocycles. The molecule has 1 saturated heterocycles. The zero-order valence-corrected chi connectivity index (χ0v) is 11.3. The van der Waals surface area contributed by atoms with Crippen molar-refractivity contribution in [2.75, 3.05) is 41.0 Å². The third-order valence-electron chi connectivity index (χ3n) is 3.07. The summed E-state index contributed by atoms with van der Waals surface area (Å²) in [5.41, 5.74) is 0.536. The van der Waals surface area contributed by atoms with Gasteiger partial charge in [0.25, 0.3) is 0 Å². The fourth-order valence-electron chi connectivity index (χ4n) is 2.22. The summed E-state index contributed by atoms with van der Waals surface area (Å²) < 4.78 is 35.3. The van der Waals surface area contributed by atoms with Gasteiger partial charge in [-0.25, -0.2) is 4.39 Å². The predicted molar refractivity (Wildman–Crippen MR) is 67.6 cm³/mol. The first-order valence-corrected chi connectivity index (χ1v) is 6.03. The standard InChI is InChI=1S/C13H18FNO4/c1-16-9-6-8(14)12(17-2)11(13(9)18-3)10-7-15-4-5-19-10/h6,10,15H,4-5,7H2,1-3H3. The minimum atomic E-state index is -0.496. The van der Waals surface area contributed by atoms with Crippen molar-refractivity contribution in [2.24, 2.45) is 0 Å². The van der Waals surface area contributed by atoms with Gasteiger partial charge in [0, 0.05) is 19.2 Å². The molecule has 1 aliphatic rings. The Morgan fingerprint density at radius 2 is 1.95 bits per heavy atom. The number of halogens is 1. The van der Waals surface area contributed by atoms with Crippen LogP contribution < -0.4 is 19.5 Å². The van der Waals surface area contributed by atoms with E-state index in [9.17, 15) is 4.39 Å². The van der Waals surface area contributed by atoms with Gasteiger partial charge < -0.3 is 24.3 Å². The average Bonchev–Trinajstić information content (AvgIpc) is 2.46. The number of morpholine rings is 1. The van der Waals surface area contributed by atoms with E-state index in [1.807, 2.05) is 0 Å². The maximum atomic E-state index is 14.0. The van der Waals surface area contributed by atoms with E-state index in [4.69, 9.17) is 18.9 Å². The summed E-state index contributed by atoms with van der Waals surface area (Å²) in [4.78, 5) is 0. The second kappa shape index (κ2) is 6.08. The average molecular weight is 271 g/mol. The van der Waals surface area contributed by atoms with Gasteiger partial charge in [0.1, 0.15) is 6.10 Å². The highest BCUT2D eigenvalue weighted by Crippen LogP contribution is 2.44. The van der Waals surface area contributed by atoms with E-state index in [1.54, 1.807) is 0 Å². The van der Waals surface area contributed by atoms with Crippen LogP contribution in [0.4, 0.5) is 4.39 Å². The third-order valence-corrected chi connectivity index (χ3v) is 3.07. The van der Waals surface area contributed by atoms with Crippen LogP contribution in [0.3, 0.4) is 0 Å². The molecule has 106 valence electrons. The summed E-state index contributed by atoms with van der Waals surface area (Å²) >= 11 is 0. The van der Waals surface area contributed by atoms with Gasteiger partial charge in [0.05, 0.1) is 33.5 Å². The number of ether oxygens (including phenoxy) is 4. The van der Waals surface area contributed by atoms with Crippen molar-refractivity contribution in [3.63, 3.8) is 0 Å². The van der Waals surface area contributed by atoms with Gasteiger partial charge in [-0.2, -0.15) is 0 Å². The van der Waals surface area contributed by atoms with Crippen molar-refractivity contribution in [3.05, 3.63) is 17.4 Å². The highest BCUT2D eigenvalue weighted by atomic mass is 19.1. The van der Waals surface area contributed by atoms with E-state index in [1.165, 1.54) is 27.4 Å². The molecule has 1 aromatic carbocycles. The zero-order valence-electron chi connectivity index (χ0n) is 11.3. The van der Waals surface area contributed by atoms with Crippen LogP contribution in [0.25, 0.3) is 0 Å². The Labute approximate surface area is 111 Å². The molecule has 1 aromatic rings. The van der Waals surface area contributed by atoms with Gasteiger partial charge >= 0.3 is 0 Å². The molecule has 0 bridgehead atoms. The summed E-state index contributed by atoms with van der Waals surface area (Å²) in [6.07, 6.45) is -0.330. The first-order valence-electron chi connectivity index (χ1n) is 6.03. The van der Waals surface area contributed by atoms with Crippen LogP contribution in [0.15, 0.2) is 6.07 Å². The molecule has 1 aliphatic heterocycles. The number of rotatable bonds is 4. The summed E-state index contributed by atoms with van der Waals surface area (Å²) in [5.74, 6) is 0.398. The number of hydrogen-bond donors (Lipinski definition) is 1. The molecule has 1 unspecified atom stereocenters. The highest BCUT2D eigenvalue weighted by Gasteiger charge is 2.29. The lowest BCUT2D eigenvalue weighted by atomic mass is 10.0. The largest absolute Gasteiger partial charge is 0.493 e. The summed E-state index contributed by atoms with van der Waals surface area (Å²) in [5, 5.41) is 3.19. The van der Waals surface area contributed by atoms with Crippen molar-refractivity contribution in [1.82, 2.24) is 5.32 Å². The maximum absolute atomic E-state index is 14.0. The fourth-order valence-corrected chi connectivity index (χ4v) is 2.22. The molecule has 19 heavy (non-hydrogen) atoms. The normalized spacial score (nSPS) is 19.1. The lowest BCUT2D eigenvalue weighted by molar-refractivity contribution is 0.0242. The monoisotopic (exact) mass is 271 g/mol. The van der Waals surface area contributed by atoms with Crippen LogP contribution in [0.1, 0.15) is 11.7 Å². The molecule has 0 spiro atoms. The Balaban J connectivity index is 2.55. The van der Waals surface area contributed by atoms with Gasteiger partial charge in [-0.05, 0) is 0 Å². The maximum Gasteiger partial charge on any atom is 0.170 e. The molecule has 5 nitrogen and oxygen atoms in total. The number of benzene rings is 1. The van der Waals surface area contributed by atoms with Crippen LogP contribution in [0.2, 0.25) is 0 Å². The summed E-state index contributed by atoms with van der Waals surface area (Å²) in [7, 11) is 4.40. The minimum Gasteiger partial charge on any atom is -0.493 e. The van der Waals surface area contributed by atoms with Gasteiger partial charge in [0.2, 0.25) is 0 Å². The number of nitrogens with one attached hydrogen (secondary N) is 1. The van der Waals surface area contributed by atoms with Crippen LogP contribution >= 0.6 is 0 Å². The fraction of sp³-hybridized carbons (Fsp3) is 0.538. The molecule has 2 rings (SSSR count). The van der Waals surface area contributed by atoms with Crippen LogP contribution in [-0.2, 0) is 4.74 Å². The Kier molecular flexibility index (Phi) is 4.44. The van der Waals surface area contributed by atoms with Gasteiger partial charge in [-0.15, -0.1) is 0 Å². The molecule has 0 amide bonds. The van der Waals surface area contributed by atoms with E-state index in [0.717, 1.165) is 6.54 Å². The van der Waals surface area contributed by atoms with Crippen molar-refractivity contribution in [1.29, 1.82) is 0 Å². The molecule has 1 N–H and O–H groups in total. The van der Waals surface area contributed by atoms with Gasteiger partial charge in [-0.1, -0.05) is 0 Å². The Morgan fingerprint density at radius 3 is 2.47 bits per heavy atom. The molecule has 0 saturated carbocycles. The zero-order chi connectivity index (χ0) is 13.8. The van der Waals surface area contributed by atoms with Crippen LogP contribution in [0.5, 0.6) is 17.2 Å². The number of hydrogen-bond acceptors (Lipinski definition) is 5. The number of methoxy groups -OCH3 is 3. The topological polar surface area (TPSA) is 49.0 Å². The summed E-state index contributed by atoms with van der Waals surface area (Å²) in [6, 6.07) is 1.25. The van der Waals surface area contributed by atoms with Gasteiger partial charge in [-0.3, -0.25) is 0 Å². The minimum absolute atomic E-state index is 0.131. The first kappa shape index (κ1) is 13.9. The molecule has 0 aromatic heterocycles. The van der Waals surface area contributed by atoms with Crippen molar-refractivity contribution >= 4 is 0 Å². The molecule has 1 fully saturated rings. The van der Waals surface area contributed by atoms with E-state index < -0.39 is 5.82 Å². The second-order valence-electron chi connectivity index (χ2n) is 4.10. The van der Waals surface area contributed by atoms with E-state index in [-0.39, 0.29) is 11.9 Å². The second-order valence-corrected chi connectivity index (χ2v) is 4.10. The molecule has 6 heteroatoms. The molecular formula is C13H18FNO4. The van der Waals surface area contributed by atoms with Crippen LogP contribution in [-0.4, -0.2) is 41.0 Å². The molecule has 1 atom stereocenters. The Bertz CT molecular complexity index is 447. The van der Waals surface area contributed by atoms with Crippen molar-refractivity contribution < 1.29 is 23.3 Å². The van der Waals surface area contributed by atoms with Crippen LogP contribution in [0, 0.1) is 5.82 Å².